The largest absolute Gasteiger partial charge is 0.504 e. The maximum Gasteiger partial charge on any atom is 0.288 e. The van der Waals surface area contributed by atoms with Crippen LogP contribution in [0, 0.1) is 0 Å². The second-order valence-electron chi connectivity index (χ2n) is 2.91. The van der Waals surface area contributed by atoms with Crippen LogP contribution in [-0.2, 0) is 5.92 Å². The minimum absolute atomic E-state index is 0.0489. The number of phenols is 1. The molecule has 6 heteroatoms. The second kappa shape index (κ2) is 4.20. The molecule has 0 aromatic heterocycles. The number of halogens is 3. The van der Waals surface area contributed by atoms with Gasteiger partial charge in [0.25, 0.3) is 5.92 Å². The van der Waals surface area contributed by atoms with Gasteiger partial charge in [0.1, 0.15) is 0 Å². The van der Waals surface area contributed by atoms with E-state index in [1.54, 1.807) is 0 Å². The molecule has 0 radical (unpaired) electrons. The maximum atomic E-state index is 13.2. The molecular formula is C9H10ClF2NO2. The maximum absolute atomic E-state index is 13.2. The lowest BCUT2D eigenvalue weighted by Crippen LogP contribution is -2.25. The molecule has 0 heterocycles. The van der Waals surface area contributed by atoms with E-state index in [1.165, 1.54) is 13.2 Å². The highest BCUT2D eigenvalue weighted by Gasteiger charge is 2.34. The third-order valence-corrected chi connectivity index (χ3v) is 2.13. The van der Waals surface area contributed by atoms with Crippen LogP contribution in [-0.4, -0.2) is 18.8 Å². The Kier molecular flexibility index (Phi) is 3.36. The molecule has 0 fully saturated rings. The van der Waals surface area contributed by atoms with Gasteiger partial charge < -0.3 is 15.6 Å². The van der Waals surface area contributed by atoms with E-state index in [-0.39, 0.29) is 10.8 Å². The molecule has 0 bridgehead atoms. The molecular weight excluding hydrogens is 228 g/mol. The van der Waals surface area contributed by atoms with Crippen LogP contribution in [0.3, 0.4) is 0 Å². The molecule has 15 heavy (non-hydrogen) atoms. The van der Waals surface area contributed by atoms with Gasteiger partial charge in [-0.3, -0.25) is 0 Å². The average Bonchev–Trinajstić information content (AvgIpc) is 2.20. The predicted molar refractivity (Wildman–Crippen MR) is 52.6 cm³/mol. The van der Waals surface area contributed by atoms with Crippen molar-refractivity contribution in [1.29, 1.82) is 0 Å². The summed E-state index contributed by atoms with van der Waals surface area (Å²) in [4.78, 5) is 0. The Morgan fingerprint density at radius 2 is 2.13 bits per heavy atom. The molecule has 0 aliphatic heterocycles. The van der Waals surface area contributed by atoms with Crippen molar-refractivity contribution < 1.29 is 18.6 Å². The number of methoxy groups -OCH3 is 1. The smallest absolute Gasteiger partial charge is 0.288 e. The van der Waals surface area contributed by atoms with Crippen LogP contribution >= 0.6 is 11.6 Å². The highest BCUT2D eigenvalue weighted by atomic mass is 35.5. The number of benzene rings is 1. The minimum atomic E-state index is -3.33. The van der Waals surface area contributed by atoms with Gasteiger partial charge >= 0.3 is 0 Å². The topological polar surface area (TPSA) is 55.5 Å². The van der Waals surface area contributed by atoms with Crippen LogP contribution in [0.4, 0.5) is 8.78 Å². The van der Waals surface area contributed by atoms with Crippen molar-refractivity contribution in [1.82, 2.24) is 0 Å². The van der Waals surface area contributed by atoms with E-state index in [2.05, 4.69) is 0 Å². The first-order valence-corrected chi connectivity index (χ1v) is 4.45. The third kappa shape index (κ3) is 2.30. The standard InChI is InChI=1S/C9H10ClF2NO2/c1-15-7-3-5(10)2-6(8(7)14)9(11,12)4-13/h2-3,14H,4,13H2,1H3. The van der Waals surface area contributed by atoms with E-state index in [0.717, 1.165) is 6.07 Å². The summed E-state index contributed by atoms with van der Waals surface area (Å²) in [5.74, 6) is -4.08. The van der Waals surface area contributed by atoms with E-state index in [1.807, 2.05) is 0 Å². The highest BCUT2D eigenvalue weighted by Crippen LogP contribution is 2.41. The summed E-state index contributed by atoms with van der Waals surface area (Å²) in [7, 11) is 1.25. The molecule has 84 valence electrons. The van der Waals surface area contributed by atoms with Gasteiger partial charge in [-0.25, -0.2) is 0 Å². The number of hydrogen-bond acceptors (Lipinski definition) is 3. The molecule has 1 aromatic carbocycles. The number of ether oxygens (including phenoxy) is 1. The molecule has 1 aromatic rings. The summed E-state index contributed by atoms with van der Waals surface area (Å²) < 4.78 is 31.2. The van der Waals surface area contributed by atoms with Crippen molar-refractivity contribution in [3.63, 3.8) is 0 Å². The molecule has 0 amide bonds. The molecule has 0 atom stereocenters. The number of nitrogens with two attached hydrogens (primary N) is 1. The first kappa shape index (κ1) is 12.0. The highest BCUT2D eigenvalue weighted by molar-refractivity contribution is 6.30. The fraction of sp³-hybridized carbons (Fsp3) is 0.333. The van der Waals surface area contributed by atoms with Crippen LogP contribution in [0.25, 0.3) is 0 Å². The number of alkyl halides is 2. The van der Waals surface area contributed by atoms with E-state index in [9.17, 15) is 13.9 Å². The lowest BCUT2D eigenvalue weighted by atomic mass is 10.1. The molecule has 0 aliphatic carbocycles. The van der Waals surface area contributed by atoms with Gasteiger partial charge in [0, 0.05) is 11.1 Å². The number of aromatic hydroxyl groups is 1. The van der Waals surface area contributed by atoms with Gasteiger partial charge in [0.05, 0.1) is 19.2 Å². The molecule has 1 rings (SSSR count). The average molecular weight is 238 g/mol. The summed E-state index contributed by atoms with van der Waals surface area (Å²) in [5, 5.41) is 9.51. The Bertz CT molecular complexity index is 371. The van der Waals surface area contributed by atoms with Crippen molar-refractivity contribution in [2.75, 3.05) is 13.7 Å². The Morgan fingerprint density at radius 3 is 2.60 bits per heavy atom. The molecule has 0 spiro atoms. The predicted octanol–water partition coefficient (Wildman–Crippen LogP) is 2.10. The minimum Gasteiger partial charge on any atom is -0.504 e. The summed E-state index contributed by atoms with van der Waals surface area (Å²) in [6, 6.07) is 2.21. The van der Waals surface area contributed by atoms with Crippen molar-refractivity contribution in [2.24, 2.45) is 5.73 Å². The molecule has 0 unspecified atom stereocenters. The van der Waals surface area contributed by atoms with E-state index < -0.39 is 23.8 Å². The van der Waals surface area contributed by atoms with E-state index in [4.69, 9.17) is 22.1 Å². The molecule has 3 N–H and O–H groups in total. The number of rotatable bonds is 3. The van der Waals surface area contributed by atoms with Crippen molar-refractivity contribution in [3.05, 3.63) is 22.7 Å². The quantitative estimate of drug-likeness (QED) is 0.847. The monoisotopic (exact) mass is 237 g/mol. The first-order chi connectivity index (χ1) is 6.92. The Labute approximate surface area is 90.4 Å². The van der Waals surface area contributed by atoms with Crippen molar-refractivity contribution in [2.45, 2.75) is 5.92 Å². The molecule has 0 saturated heterocycles. The zero-order chi connectivity index (χ0) is 11.6. The summed E-state index contributed by atoms with van der Waals surface area (Å²) >= 11 is 5.60. The zero-order valence-electron chi connectivity index (χ0n) is 7.93. The van der Waals surface area contributed by atoms with E-state index >= 15 is 0 Å². The van der Waals surface area contributed by atoms with Gasteiger partial charge in [0.2, 0.25) is 0 Å². The fourth-order valence-corrected chi connectivity index (χ4v) is 1.33. The van der Waals surface area contributed by atoms with Gasteiger partial charge in [-0.05, 0) is 6.07 Å². The van der Waals surface area contributed by atoms with Crippen LogP contribution in [0.5, 0.6) is 11.5 Å². The van der Waals surface area contributed by atoms with Crippen molar-refractivity contribution in [3.8, 4) is 11.5 Å². The first-order valence-electron chi connectivity index (χ1n) is 4.07. The lowest BCUT2D eigenvalue weighted by molar-refractivity contribution is 0.00346. The molecule has 0 aliphatic rings. The van der Waals surface area contributed by atoms with Crippen molar-refractivity contribution >= 4 is 11.6 Å². The SMILES string of the molecule is COc1cc(Cl)cc(C(F)(F)CN)c1O. The Balaban J connectivity index is 3.35. The van der Waals surface area contributed by atoms with Gasteiger partial charge in [0.15, 0.2) is 11.5 Å². The van der Waals surface area contributed by atoms with Crippen LogP contribution in [0.1, 0.15) is 5.56 Å². The van der Waals surface area contributed by atoms with Gasteiger partial charge in [-0.1, -0.05) is 11.6 Å². The van der Waals surface area contributed by atoms with Crippen LogP contribution < -0.4 is 10.5 Å². The lowest BCUT2D eigenvalue weighted by Gasteiger charge is -2.17. The summed E-state index contributed by atoms with van der Waals surface area (Å²) in [6.45, 7) is -0.913. The Hall–Kier alpha value is -1.07. The van der Waals surface area contributed by atoms with Crippen LogP contribution in [0.2, 0.25) is 5.02 Å². The van der Waals surface area contributed by atoms with E-state index in [0.29, 0.717) is 0 Å². The second-order valence-corrected chi connectivity index (χ2v) is 3.35. The molecule has 0 saturated carbocycles. The summed E-state index contributed by atoms with van der Waals surface area (Å²) in [6.07, 6.45) is 0. The van der Waals surface area contributed by atoms with Crippen LogP contribution in [0.15, 0.2) is 12.1 Å². The Morgan fingerprint density at radius 1 is 1.53 bits per heavy atom. The number of phenolic OH excluding ortho intramolecular Hbond substituents is 1. The molecule has 3 nitrogen and oxygen atoms in total. The normalized spacial score (nSPS) is 11.5. The summed E-state index contributed by atoms with van der Waals surface area (Å²) in [5.41, 5.74) is 4.27. The number of hydrogen-bond donors (Lipinski definition) is 2. The fourth-order valence-electron chi connectivity index (χ4n) is 1.12. The zero-order valence-corrected chi connectivity index (χ0v) is 8.68. The third-order valence-electron chi connectivity index (χ3n) is 1.91. The van der Waals surface area contributed by atoms with Gasteiger partial charge in [-0.15, -0.1) is 0 Å². The van der Waals surface area contributed by atoms with Gasteiger partial charge in [-0.2, -0.15) is 8.78 Å².